The molecule has 0 radical (unpaired) electrons. The first-order chi connectivity index (χ1) is 14.9. The van der Waals surface area contributed by atoms with E-state index in [1.807, 2.05) is 0 Å². The Morgan fingerprint density at radius 1 is 0.774 bits per heavy atom. The molecule has 0 aromatic heterocycles. The lowest BCUT2D eigenvalue weighted by molar-refractivity contribution is 0.153. The Kier molecular flexibility index (Phi) is 16.5. The zero-order valence-corrected chi connectivity index (χ0v) is 21.1. The molecule has 11 heteroatoms. The molecule has 0 unspecified atom stereocenters. The Morgan fingerprint density at radius 2 is 1.39 bits per heavy atom. The van der Waals surface area contributed by atoms with Gasteiger partial charge in [0, 0.05) is 18.7 Å². The highest BCUT2D eigenvalue weighted by Gasteiger charge is 2.10. The monoisotopic (exact) mass is 551 g/mol. The van der Waals surface area contributed by atoms with Gasteiger partial charge >= 0.3 is 0 Å². The molecule has 0 fully saturated rings. The van der Waals surface area contributed by atoms with Crippen molar-refractivity contribution in [2.75, 3.05) is 33.0 Å². The van der Waals surface area contributed by atoms with E-state index in [9.17, 15) is 0 Å². The molecule has 0 bridgehead atoms. The molecule has 1 rings (SSSR count). The number of benzene rings is 1. The van der Waals surface area contributed by atoms with Crippen molar-refractivity contribution in [2.45, 2.75) is 25.7 Å². The SMILES string of the molecule is ClC(Cl)=CCON=CCOCCCCCCOc1c(Cl)cc(OCC=C(Cl)Cl)cc1Cl. The number of hydrogen-bond acceptors (Lipinski definition) is 5. The van der Waals surface area contributed by atoms with E-state index in [2.05, 4.69) is 5.16 Å². The molecule has 31 heavy (non-hydrogen) atoms. The first-order valence-corrected chi connectivity index (χ1v) is 11.7. The van der Waals surface area contributed by atoms with Crippen LogP contribution in [0, 0.1) is 0 Å². The third-order valence-electron chi connectivity index (χ3n) is 3.54. The van der Waals surface area contributed by atoms with E-state index < -0.39 is 0 Å². The lowest BCUT2D eigenvalue weighted by Gasteiger charge is -2.12. The molecule has 0 aliphatic rings. The van der Waals surface area contributed by atoms with Crippen LogP contribution in [0.5, 0.6) is 11.5 Å². The minimum absolute atomic E-state index is 0.130. The van der Waals surface area contributed by atoms with Gasteiger partial charge in [0.1, 0.15) is 27.9 Å². The number of hydrogen-bond donors (Lipinski definition) is 0. The molecule has 174 valence electrons. The summed E-state index contributed by atoms with van der Waals surface area (Å²) in [5, 5.41) is 4.46. The smallest absolute Gasteiger partial charge is 0.156 e. The predicted octanol–water partition coefficient (Wildman–Crippen LogP) is 7.97. The number of rotatable bonds is 16. The summed E-state index contributed by atoms with van der Waals surface area (Å²) in [7, 11) is 0. The molecule has 0 atom stereocenters. The number of nitrogens with zero attached hydrogens (tertiary/aromatic N) is 1. The second kappa shape index (κ2) is 18.0. The minimum atomic E-state index is 0.130. The van der Waals surface area contributed by atoms with Crippen LogP contribution in [0.4, 0.5) is 0 Å². The molecule has 0 N–H and O–H groups in total. The summed E-state index contributed by atoms with van der Waals surface area (Å²) >= 11 is 34.4. The van der Waals surface area contributed by atoms with Crippen LogP contribution in [0.2, 0.25) is 10.0 Å². The Balaban J connectivity index is 2.11. The summed E-state index contributed by atoms with van der Waals surface area (Å²) in [5.41, 5.74) is 0. The van der Waals surface area contributed by atoms with Crippen LogP contribution in [0.1, 0.15) is 25.7 Å². The second-order valence-corrected chi connectivity index (χ2v) is 8.77. The van der Waals surface area contributed by atoms with Crippen LogP contribution in [-0.2, 0) is 9.57 Å². The fourth-order valence-electron chi connectivity index (χ4n) is 2.16. The van der Waals surface area contributed by atoms with Crippen LogP contribution in [0.3, 0.4) is 0 Å². The molecule has 0 heterocycles. The zero-order valence-electron chi connectivity index (χ0n) is 16.6. The van der Waals surface area contributed by atoms with Crippen molar-refractivity contribution in [1.29, 1.82) is 0 Å². The summed E-state index contributed by atoms with van der Waals surface area (Å²) in [6, 6.07) is 3.27. The number of ether oxygens (including phenoxy) is 3. The van der Waals surface area contributed by atoms with E-state index in [0.717, 1.165) is 25.7 Å². The van der Waals surface area contributed by atoms with Crippen molar-refractivity contribution in [3.05, 3.63) is 43.3 Å². The maximum atomic E-state index is 6.23. The normalized spacial score (nSPS) is 10.8. The van der Waals surface area contributed by atoms with E-state index >= 15 is 0 Å². The van der Waals surface area contributed by atoms with E-state index in [1.165, 1.54) is 18.4 Å². The topological polar surface area (TPSA) is 49.3 Å². The lowest BCUT2D eigenvalue weighted by atomic mass is 10.2. The first-order valence-electron chi connectivity index (χ1n) is 9.38. The third-order valence-corrected chi connectivity index (χ3v) is 4.72. The summed E-state index contributed by atoms with van der Waals surface area (Å²) in [5.74, 6) is 0.941. The molecule has 0 amide bonds. The zero-order chi connectivity index (χ0) is 22.9. The van der Waals surface area contributed by atoms with Crippen molar-refractivity contribution in [3.8, 4) is 11.5 Å². The van der Waals surface area contributed by atoms with Crippen molar-refractivity contribution < 1.29 is 19.0 Å². The second-order valence-electron chi connectivity index (χ2n) is 5.94. The molecule has 0 saturated heterocycles. The van der Waals surface area contributed by atoms with Crippen LogP contribution < -0.4 is 9.47 Å². The van der Waals surface area contributed by atoms with Gasteiger partial charge in [0.2, 0.25) is 0 Å². The van der Waals surface area contributed by atoms with Gasteiger partial charge in [-0.2, -0.15) is 0 Å². The van der Waals surface area contributed by atoms with Crippen molar-refractivity contribution in [3.63, 3.8) is 0 Å². The van der Waals surface area contributed by atoms with E-state index in [1.54, 1.807) is 12.1 Å². The van der Waals surface area contributed by atoms with Crippen LogP contribution in [0.25, 0.3) is 0 Å². The quantitative estimate of drug-likeness (QED) is 0.118. The van der Waals surface area contributed by atoms with Gasteiger partial charge in [0.05, 0.1) is 29.5 Å². The first kappa shape index (κ1) is 28.5. The fraction of sp³-hybridized carbons (Fsp3) is 0.450. The number of oxime groups is 1. The average molecular weight is 554 g/mol. The van der Waals surface area contributed by atoms with Gasteiger partial charge in [-0.15, -0.1) is 0 Å². The molecule has 5 nitrogen and oxygen atoms in total. The summed E-state index contributed by atoms with van der Waals surface area (Å²) < 4.78 is 16.9. The van der Waals surface area contributed by atoms with E-state index in [-0.39, 0.29) is 22.2 Å². The molecular weight excluding hydrogens is 531 g/mol. The van der Waals surface area contributed by atoms with Gasteiger partial charge in [0.25, 0.3) is 0 Å². The lowest BCUT2D eigenvalue weighted by Crippen LogP contribution is -2.01. The van der Waals surface area contributed by atoms with Crippen LogP contribution >= 0.6 is 69.6 Å². The van der Waals surface area contributed by atoms with Crippen LogP contribution in [-0.4, -0.2) is 39.2 Å². The predicted molar refractivity (Wildman–Crippen MR) is 131 cm³/mol. The average Bonchev–Trinajstić information content (AvgIpc) is 2.69. The Morgan fingerprint density at radius 3 is 2.03 bits per heavy atom. The molecule has 0 aliphatic heterocycles. The highest BCUT2D eigenvalue weighted by atomic mass is 35.5. The maximum Gasteiger partial charge on any atom is 0.156 e. The van der Waals surface area contributed by atoms with Gasteiger partial charge in [-0.05, 0) is 31.4 Å². The third kappa shape index (κ3) is 15.0. The summed E-state index contributed by atoms with van der Waals surface area (Å²) in [6.45, 7) is 1.96. The summed E-state index contributed by atoms with van der Waals surface area (Å²) in [6.07, 6.45) is 8.37. The van der Waals surface area contributed by atoms with Crippen molar-refractivity contribution in [1.82, 2.24) is 0 Å². The number of unbranched alkanes of at least 4 members (excludes halogenated alkanes) is 3. The Labute approximate surface area is 212 Å². The van der Waals surface area contributed by atoms with Gasteiger partial charge < -0.3 is 19.0 Å². The Bertz CT molecular complexity index is 711. The van der Waals surface area contributed by atoms with Gasteiger partial charge in [-0.3, -0.25) is 0 Å². The Hall–Kier alpha value is -0.530. The fourth-order valence-corrected chi connectivity index (χ4v) is 2.98. The van der Waals surface area contributed by atoms with Crippen molar-refractivity contribution in [2.24, 2.45) is 5.16 Å². The van der Waals surface area contributed by atoms with E-state index in [4.69, 9.17) is 88.7 Å². The van der Waals surface area contributed by atoms with Crippen LogP contribution in [0.15, 0.2) is 38.4 Å². The number of halogens is 6. The maximum absolute atomic E-state index is 6.23. The molecule has 0 saturated carbocycles. The van der Waals surface area contributed by atoms with Gasteiger partial charge in [-0.1, -0.05) is 81.2 Å². The molecular formula is C20H23Cl6NO4. The van der Waals surface area contributed by atoms with Gasteiger partial charge in [0.15, 0.2) is 5.75 Å². The standard InChI is InChI=1S/C20H23Cl6NO4/c21-16-13-15(29-10-5-18(23)24)14-17(22)20(16)30-9-4-2-1-3-8-28-12-7-27-31-11-6-19(25)26/h5-7,13-14H,1-4,8-12H2. The summed E-state index contributed by atoms with van der Waals surface area (Å²) in [4.78, 5) is 4.89. The van der Waals surface area contributed by atoms with E-state index in [0.29, 0.717) is 41.4 Å². The molecule has 1 aromatic carbocycles. The van der Waals surface area contributed by atoms with Crippen molar-refractivity contribution >= 4 is 75.8 Å². The highest BCUT2D eigenvalue weighted by molar-refractivity contribution is 6.56. The molecule has 0 aliphatic carbocycles. The molecule has 1 aromatic rings. The largest absolute Gasteiger partial charge is 0.490 e. The molecule has 0 spiro atoms. The minimum Gasteiger partial charge on any atom is -0.490 e. The highest BCUT2D eigenvalue weighted by Crippen LogP contribution is 2.37. The van der Waals surface area contributed by atoms with Gasteiger partial charge in [-0.25, -0.2) is 0 Å².